The zero-order chi connectivity index (χ0) is 12.0. The van der Waals surface area contributed by atoms with Crippen LogP contribution >= 0.6 is 0 Å². The minimum absolute atomic E-state index is 0.438. The number of nitrogens with zero attached hydrogens (tertiary/aromatic N) is 1. The maximum absolute atomic E-state index is 12.6. The summed E-state index contributed by atoms with van der Waals surface area (Å²) in [5.74, 6) is 0.553. The fourth-order valence-electron chi connectivity index (χ4n) is 1.88. The van der Waals surface area contributed by atoms with Crippen molar-refractivity contribution in [3.63, 3.8) is 0 Å². The molecule has 88 valence electrons. The van der Waals surface area contributed by atoms with Gasteiger partial charge in [0.1, 0.15) is 0 Å². The number of rotatable bonds is 0. The number of anilines is 1. The lowest BCUT2D eigenvalue weighted by molar-refractivity contribution is -0.137. The molecule has 1 N–H and O–H groups in total. The molecule has 0 aliphatic carbocycles. The summed E-state index contributed by atoms with van der Waals surface area (Å²) in [6, 6.07) is 3.59. The van der Waals surface area contributed by atoms with Crippen LogP contribution in [0.4, 0.5) is 18.9 Å². The first-order valence-electron chi connectivity index (χ1n) is 4.95. The van der Waals surface area contributed by atoms with E-state index in [4.69, 9.17) is 4.52 Å². The third kappa shape index (κ3) is 1.56. The molecule has 0 saturated heterocycles. The first-order valence-corrected chi connectivity index (χ1v) is 4.95. The molecule has 0 saturated carbocycles. The van der Waals surface area contributed by atoms with Crippen molar-refractivity contribution >= 4 is 5.69 Å². The topological polar surface area (TPSA) is 38.1 Å². The molecule has 1 aliphatic rings. The predicted octanol–water partition coefficient (Wildman–Crippen LogP) is 3.29. The Labute approximate surface area is 94.2 Å². The molecule has 1 aliphatic heterocycles. The van der Waals surface area contributed by atoms with Gasteiger partial charge < -0.3 is 9.84 Å². The van der Waals surface area contributed by atoms with Gasteiger partial charge in [-0.2, -0.15) is 13.2 Å². The Morgan fingerprint density at radius 1 is 1.24 bits per heavy atom. The Hall–Kier alpha value is -1.98. The van der Waals surface area contributed by atoms with Gasteiger partial charge in [0.2, 0.25) is 0 Å². The molecule has 2 heterocycles. The molecule has 0 unspecified atom stereocenters. The maximum atomic E-state index is 12.6. The van der Waals surface area contributed by atoms with Crippen LogP contribution in [0.2, 0.25) is 0 Å². The van der Waals surface area contributed by atoms with Crippen molar-refractivity contribution < 1.29 is 17.7 Å². The fraction of sp³-hybridized carbons (Fsp3) is 0.182. The second kappa shape index (κ2) is 3.26. The number of hydrogen-bond acceptors (Lipinski definition) is 3. The maximum Gasteiger partial charge on any atom is 0.416 e. The van der Waals surface area contributed by atoms with Crippen molar-refractivity contribution in [2.45, 2.75) is 12.7 Å². The quantitative estimate of drug-likeness (QED) is 0.767. The largest absolute Gasteiger partial charge is 0.416 e. The lowest BCUT2D eigenvalue weighted by atomic mass is 9.98. The summed E-state index contributed by atoms with van der Waals surface area (Å²) in [6.07, 6.45) is -2.90. The van der Waals surface area contributed by atoms with Crippen LogP contribution in [-0.4, -0.2) is 5.16 Å². The second-order valence-corrected chi connectivity index (χ2v) is 3.77. The highest BCUT2D eigenvalue weighted by Crippen LogP contribution is 2.39. The van der Waals surface area contributed by atoms with Crippen LogP contribution in [0.25, 0.3) is 11.1 Å². The molecule has 17 heavy (non-hydrogen) atoms. The molecular weight excluding hydrogens is 233 g/mol. The predicted molar refractivity (Wildman–Crippen MR) is 54.3 cm³/mol. The molecule has 1 aromatic carbocycles. The van der Waals surface area contributed by atoms with Crippen LogP contribution in [0.5, 0.6) is 0 Å². The summed E-state index contributed by atoms with van der Waals surface area (Å²) in [7, 11) is 0. The van der Waals surface area contributed by atoms with Gasteiger partial charge in [0.25, 0.3) is 0 Å². The van der Waals surface area contributed by atoms with E-state index in [1.54, 1.807) is 0 Å². The smallest absolute Gasteiger partial charge is 0.377 e. The molecule has 0 spiro atoms. The monoisotopic (exact) mass is 240 g/mol. The van der Waals surface area contributed by atoms with Gasteiger partial charge in [-0.25, -0.2) is 0 Å². The van der Waals surface area contributed by atoms with Gasteiger partial charge in [-0.3, -0.25) is 0 Å². The van der Waals surface area contributed by atoms with E-state index in [1.165, 1.54) is 12.3 Å². The van der Waals surface area contributed by atoms with E-state index < -0.39 is 11.7 Å². The number of nitrogens with one attached hydrogen (secondary N) is 1. The molecule has 1 aromatic heterocycles. The lowest BCUT2D eigenvalue weighted by Crippen LogP contribution is -2.10. The summed E-state index contributed by atoms with van der Waals surface area (Å²) in [5.41, 5.74) is 1.08. The zero-order valence-electron chi connectivity index (χ0n) is 8.51. The van der Waals surface area contributed by atoms with Gasteiger partial charge in [0, 0.05) is 16.8 Å². The first kappa shape index (κ1) is 10.2. The Bertz CT molecular complexity index is 574. The van der Waals surface area contributed by atoms with E-state index in [-0.39, 0.29) is 0 Å². The molecule has 2 aromatic rings. The van der Waals surface area contributed by atoms with E-state index in [2.05, 4.69) is 10.5 Å². The molecule has 6 heteroatoms. The van der Waals surface area contributed by atoms with Crippen molar-refractivity contribution in [1.82, 2.24) is 5.16 Å². The third-order valence-corrected chi connectivity index (χ3v) is 2.72. The summed E-state index contributed by atoms with van der Waals surface area (Å²) in [5, 5.41) is 6.58. The molecule has 0 amide bonds. The fourth-order valence-corrected chi connectivity index (χ4v) is 1.88. The average molecular weight is 240 g/mol. The normalized spacial score (nSPS) is 13.8. The van der Waals surface area contributed by atoms with Crippen molar-refractivity contribution in [3.05, 3.63) is 35.7 Å². The van der Waals surface area contributed by atoms with Crippen molar-refractivity contribution in [3.8, 4) is 11.1 Å². The summed E-state index contributed by atoms with van der Waals surface area (Å²) in [4.78, 5) is 0. The van der Waals surface area contributed by atoms with Gasteiger partial charge in [0.15, 0.2) is 5.76 Å². The Morgan fingerprint density at radius 3 is 2.82 bits per heavy atom. The number of halogens is 3. The molecule has 0 atom stereocenters. The molecular formula is C11H7F3N2O. The summed E-state index contributed by atoms with van der Waals surface area (Å²) >= 11 is 0. The van der Waals surface area contributed by atoms with E-state index in [1.807, 2.05) is 0 Å². The first-order chi connectivity index (χ1) is 8.05. The standard InChI is InChI=1S/C11H7F3N2O/c12-11(13,14)6-1-2-9-7(3-6)8-4-16-17-10(8)5-15-9/h1-4,15H,5H2. The van der Waals surface area contributed by atoms with Crippen molar-refractivity contribution in [1.29, 1.82) is 0 Å². The van der Waals surface area contributed by atoms with Gasteiger partial charge in [0.05, 0.1) is 18.3 Å². The number of alkyl halides is 3. The van der Waals surface area contributed by atoms with Crippen LogP contribution in [0, 0.1) is 0 Å². The Morgan fingerprint density at radius 2 is 2.06 bits per heavy atom. The minimum atomic E-state index is -4.34. The highest BCUT2D eigenvalue weighted by Gasteiger charge is 2.32. The highest BCUT2D eigenvalue weighted by molar-refractivity contribution is 5.81. The lowest BCUT2D eigenvalue weighted by Gasteiger charge is -2.18. The van der Waals surface area contributed by atoms with Crippen molar-refractivity contribution in [2.24, 2.45) is 0 Å². The third-order valence-electron chi connectivity index (χ3n) is 2.72. The molecule has 3 rings (SSSR count). The molecule has 0 fully saturated rings. The summed E-state index contributed by atoms with van der Waals surface area (Å²) in [6.45, 7) is 0.438. The van der Waals surface area contributed by atoms with Crippen LogP contribution < -0.4 is 5.32 Å². The Balaban J connectivity index is 2.18. The van der Waals surface area contributed by atoms with Crippen LogP contribution in [0.1, 0.15) is 11.3 Å². The van der Waals surface area contributed by atoms with E-state index in [0.29, 0.717) is 29.1 Å². The average Bonchev–Trinajstić information content (AvgIpc) is 2.75. The molecule has 0 radical (unpaired) electrons. The van der Waals surface area contributed by atoms with Gasteiger partial charge in [-0.1, -0.05) is 5.16 Å². The van der Waals surface area contributed by atoms with Gasteiger partial charge in [-0.05, 0) is 18.2 Å². The van der Waals surface area contributed by atoms with Gasteiger partial charge >= 0.3 is 6.18 Å². The van der Waals surface area contributed by atoms with Crippen LogP contribution in [0.3, 0.4) is 0 Å². The number of aromatic nitrogens is 1. The second-order valence-electron chi connectivity index (χ2n) is 3.77. The van der Waals surface area contributed by atoms with E-state index in [9.17, 15) is 13.2 Å². The molecule has 3 nitrogen and oxygen atoms in total. The number of fused-ring (bicyclic) bond motifs is 3. The van der Waals surface area contributed by atoms with Crippen LogP contribution in [0.15, 0.2) is 28.9 Å². The minimum Gasteiger partial charge on any atom is -0.377 e. The van der Waals surface area contributed by atoms with Crippen LogP contribution in [-0.2, 0) is 12.7 Å². The highest BCUT2D eigenvalue weighted by atomic mass is 19.4. The zero-order valence-corrected chi connectivity index (χ0v) is 8.51. The van der Waals surface area contributed by atoms with Gasteiger partial charge in [-0.15, -0.1) is 0 Å². The number of benzene rings is 1. The Kier molecular flexibility index (Phi) is 1.95. The van der Waals surface area contributed by atoms with E-state index >= 15 is 0 Å². The van der Waals surface area contributed by atoms with Crippen molar-refractivity contribution in [2.75, 3.05) is 5.32 Å². The summed E-state index contributed by atoms with van der Waals surface area (Å²) < 4.78 is 42.7. The molecule has 0 bridgehead atoms. The SMILES string of the molecule is FC(F)(F)c1ccc2c(c1)-c1cnoc1CN2. The van der Waals surface area contributed by atoms with E-state index in [0.717, 1.165) is 12.1 Å². The number of hydrogen-bond donors (Lipinski definition) is 1.